The second kappa shape index (κ2) is 3.90. The number of rotatable bonds is 2. The van der Waals surface area contributed by atoms with Gasteiger partial charge in [-0.1, -0.05) is 13.8 Å². The van der Waals surface area contributed by atoms with E-state index in [4.69, 9.17) is 0 Å². The third-order valence-corrected chi connectivity index (χ3v) is 2.75. The lowest BCUT2D eigenvalue weighted by molar-refractivity contribution is -0.154. The van der Waals surface area contributed by atoms with Gasteiger partial charge in [0.05, 0.1) is 0 Å². The monoisotopic (exact) mass is 183 g/mol. The van der Waals surface area contributed by atoms with Crippen molar-refractivity contribution in [3.05, 3.63) is 0 Å². The van der Waals surface area contributed by atoms with E-state index in [0.29, 0.717) is 6.54 Å². The number of likely N-dealkylation sites (tertiary alicyclic amines) is 1. The fourth-order valence-electron chi connectivity index (χ4n) is 1.88. The van der Waals surface area contributed by atoms with Crippen molar-refractivity contribution in [2.75, 3.05) is 6.54 Å². The van der Waals surface area contributed by atoms with E-state index in [2.05, 4.69) is 0 Å². The Kier molecular flexibility index (Phi) is 3.07. The van der Waals surface area contributed by atoms with E-state index in [9.17, 15) is 9.59 Å². The van der Waals surface area contributed by atoms with Gasteiger partial charge in [-0.25, -0.2) is 0 Å². The molecule has 1 heterocycles. The number of nitrogens with zero attached hydrogens (tertiary/aromatic N) is 1. The van der Waals surface area contributed by atoms with Crippen molar-refractivity contribution in [2.24, 2.45) is 11.8 Å². The highest BCUT2D eigenvalue weighted by atomic mass is 16.2. The number of imide groups is 1. The lowest BCUT2D eigenvalue weighted by Crippen LogP contribution is -2.48. The molecule has 0 aromatic carbocycles. The molecular weight excluding hydrogens is 166 g/mol. The molecule has 2 unspecified atom stereocenters. The first-order valence-corrected chi connectivity index (χ1v) is 4.97. The molecule has 0 spiro atoms. The van der Waals surface area contributed by atoms with Crippen molar-refractivity contribution in [3.63, 3.8) is 0 Å². The molecule has 0 aromatic rings. The zero-order valence-corrected chi connectivity index (χ0v) is 8.54. The van der Waals surface area contributed by atoms with Gasteiger partial charge in [-0.15, -0.1) is 0 Å². The average Bonchev–Trinajstić information content (AvgIpc) is 2.12. The third kappa shape index (κ3) is 1.74. The average molecular weight is 183 g/mol. The van der Waals surface area contributed by atoms with Crippen molar-refractivity contribution in [2.45, 2.75) is 33.6 Å². The molecular formula is C10H17NO2. The van der Waals surface area contributed by atoms with E-state index < -0.39 is 0 Å². The Balaban J connectivity index is 2.81. The van der Waals surface area contributed by atoms with Crippen LogP contribution in [0.5, 0.6) is 0 Å². The number of piperidine rings is 1. The highest BCUT2D eigenvalue weighted by molar-refractivity contribution is 5.99. The molecule has 1 aliphatic rings. The number of carbonyl (C=O) groups is 2. The second-order valence-electron chi connectivity index (χ2n) is 3.66. The molecule has 0 N–H and O–H groups in total. The topological polar surface area (TPSA) is 37.4 Å². The highest BCUT2D eigenvalue weighted by Gasteiger charge is 2.36. The van der Waals surface area contributed by atoms with Gasteiger partial charge in [-0.3, -0.25) is 14.5 Å². The van der Waals surface area contributed by atoms with Crippen LogP contribution in [0, 0.1) is 11.8 Å². The van der Waals surface area contributed by atoms with Crippen LogP contribution in [0.1, 0.15) is 33.6 Å². The SMILES string of the molecule is CCC1CC(C)C(=O)N(CC)C1=O. The van der Waals surface area contributed by atoms with E-state index in [1.165, 1.54) is 4.90 Å². The molecule has 1 aliphatic heterocycles. The largest absolute Gasteiger partial charge is 0.282 e. The Morgan fingerprint density at radius 3 is 2.38 bits per heavy atom. The maximum atomic E-state index is 11.6. The van der Waals surface area contributed by atoms with Gasteiger partial charge < -0.3 is 0 Å². The molecule has 3 heteroatoms. The molecule has 0 bridgehead atoms. The van der Waals surface area contributed by atoms with Gasteiger partial charge in [-0.2, -0.15) is 0 Å². The molecule has 1 fully saturated rings. The van der Waals surface area contributed by atoms with E-state index >= 15 is 0 Å². The highest BCUT2D eigenvalue weighted by Crippen LogP contribution is 2.25. The van der Waals surface area contributed by atoms with Crippen LogP contribution in [0.4, 0.5) is 0 Å². The van der Waals surface area contributed by atoms with Crippen LogP contribution >= 0.6 is 0 Å². The van der Waals surface area contributed by atoms with Crippen LogP contribution in [0.25, 0.3) is 0 Å². The van der Waals surface area contributed by atoms with Crippen LogP contribution in [0.2, 0.25) is 0 Å². The summed E-state index contributed by atoms with van der Waals surface area (Å²) in [5.74, 6) is 0.0977. The van der Waals surface area contributed by atoms with Gasteiger partial charge in [0.25, 0.3) is 0 Å². The Labute approximate surface area is 79.1 Å². The fraction of sp³-hybridized carbons (Fsp3) is 0.800. The summed E-state index contributed by atoms with van der Waals surface area (Å²) in [7, 11) is 0. The van der Waals surface area contributed by atoms with Crippen LogP contribution in [0.15, 0.2) is 0 Å². The molecule has 0 aromatic heterocycles. The number of amides is 2. The Morgan fingerprint density at radius 1 is 1.31 bits per heavy atom. The summed E-state index contributed by atoms with van der Waals surface area (Å²) >= 11 is 0. The minimum absolute atomic E-state index is 0.00259. The van der Waals surface area contributed by atoms with Crippen molar-refractivity contribution in [1.82, 2.24) is 4.90 Å². The molecule has 2 amide bonds. The molecule has 0 saturated carbocycles. The van der Waals surface area contributed by atoms with Crippen LogP contribution < -0.4 is 0 Å². The van der Waals surface area contributed by atoms with Crippen molar-refractivity contribution < 1.29 is 9.59 Å². The number of hydrogen-bond donors (Lipinski definition) is 0. The van der Waals surface area contributed by atoms with Crippen molar-refractivity contribution in [3.8, 4) is 0 Å². The summed E-state index contributed by atoms with van der Waals surface area (Å²) in [5.41, 5.74) is 0. The van der Waals surface area contributed by atoms with Gasteiger partial charge in [0.2, 0.25) is 11.8 Å². The minimum Gasteiger partial charge on any atom is -0.282 e. The van der Waals surface area contributed by atoms with Gasteiger partial charge in [-0.05, 0) is 19.8 Å². The zero-order valence-electron chi connectivity index (χ0n) is 8.54. The Hall–Kier alpha value is -0.860. The summed E-state index contributed by atoms with van der Waals surface area (Å²) in [6.07, 6.45) is 1.57. The summed E-state index contributed by atoms with van der Waals surface area (Å²) in [6, 6.07) is 0. The molecule has 2 atom stereocenters. The zero-order chi connectivity index (χ0) is 10.0. The van der Waals surface area contributed by atoms with Gasteiger partial charge in [0.15, 0.2) is 0 Å². The Morgan fingerprint density at radius 2 is 1.92 bits per heavy atom. The second-order valence-corrected chi connectivity index (χ2v) is 3.66. The molecule has 1 saturated heterocycles. The number of hydrogen-bond acceptors (Lipinski definition) is 2. The summed E-state index contributed by atoms with van der Waals surface area (Å²) in [6.45, 7) is 6.26. The van der Waals surface area contributed by atoms with Gasteiger partial charge in [0, 0.05) is 18.4 Å². The maximum Gasteiger partial charge on any atom is 0.232 e. The van der Waals surface area contributed by atoms with Crippen LogP contribution in [-0.2, 0) is 9.59 Å². The predicted octanol–water partition coefficient (Wildman–Crippen LogP) is 1.43. The van der Waals surface area contributed by atoms with Gasteiger partial charge >= 0.3 is 0 Å². The first-order valence-electron chi connectivity index (χ1n) is 4.97. The normalized spacial score (nSPS) is 29.6. The van der Waals surface area contributed by atoms with Gasteiger partial charge in [0.1, 0.15) is 0 Å². The summed E-state index contributed by atoms with van der Waals surface area (Å²) in [4.78, 5) is 24.6. The van der Waals surface area contributed by atoms with Crippen molar-refractivity contribution >= 4 is 11.8 Å². The number of carbonyl (C=O) groups excluding carboxylic acids is 2. The summed E-state index contributed by atoms with van der Waals surface area (Å²) in [5, 5.41) is 0. The third-order valence-electron chi connectivity index (χ3n) is 2.75. The van der Waals surface area contributed by atoms with E-state index in [0.717, 1.165) is 12.8 Å². The fourth-order valence-corrected chi connectivity index (χ4v) is 1.88. The van der Waals surface area contributed by atoms with E-state index in [1.807, 2.05) is 20.8 Å². The molecule has 13 heavy (non-hydrogen) atoms. The van der Waals surface area contributed by atoms with Crippen LogP contribution in [0.3, 0.4) is 0 Å². The first-order chi connectivity index (χ1) is 6.11. The first kappa shape index (κ1) is 10.2. The lowest BCUT2D eigenvalue weighted by atomic mass is 9.87. The molecule has 74 valence electrons. The Bertz CT molecular complexity index is 225. The quantitative estimate of drug-likeness (QED) is 0.607. The van der Waals surface area contributed by atoms with E-state index in [-0.39, 0.29) is 23.7 Å². The van der Waals surface area contributed by atoms with E-state index in [1.54, 1.807) is 0 Å². The summed E-state index contributed by atoms with van der Waals surface area (Å²) < 4.78 is 0. The van der Waals surface area contributed by atoms with Crippen molar-refractivity contribution in [1.29, 1.82) is 0 Å². The predicted molar refractivity (Wildman–Crippen MR) is 50.0 cm³/mol. The van der Waals surface area contributed by atoms with Crippen LogP contribution in [-0.4, -0.2) is 23.3 Å². The smallest absolute Gasteiger partial charge is 0.232 e. The maximum absolute atomic E-state index is 11.6. The minimum atomic E-state index is -0.00259. The molecule has 3 nitrogen and oxygen atoms in total. The lowest BCUT2D eigenvalue weighted by Gasteiger charge is -2.33. The molecule has 1 rings (SSSR count). The molecule has 0 radical (unpaired) electrons. The molecule has 0 aliphatic carbocycles. The standard InChI is InChI=1S/C10H17NO2/c1-4-8-6-7(3)9(12)11(5-2)10(8)13/h7-8H,4-6H2,1-3H3.